The Balaban J connectivity index is 2.14. The van der Waals surface area contributed by atoms with E-state index in [0.717, 1.165) is 20.4 Å². The van der Waals surface area contributed by atoms with Gasteiger partial charge in [0.25, 0.3) is 0 Å². The number of rotatable bonds is 3. The normalized spacial score (nSPS) is 10.4. The van der Waals surface area contributed by atoms with Gasteiger partial charge in [-0.25, -0.2) is 0 Å². The van der Waals surface area contributed by atoms with E-state index < -0.39 is 0 Å². The fourth-order valence-electron chi connectivity index (χ4n) is 1.33. The van der Waals surface area contributed by atoms with Gasteiger partial charge in [0.1, 0.15) is 0 Å². The van der Waals surface area contributed by atoms with Gasteiger partial charge in [-0.1, -0.05) is 41.6 Å². The molecule has 1 nitrogen and oxygen atoms in total. The van der Waals surface area contributed by atoms with Gasteiger partial charge in [0.05, 0.1) is 6.61 Å². The molecule has 2 aromatic rings. The van der Waals surface area contributed by atoms with E-state index in [-0.39, 0.29) is 6.61 Å². The van der Waals surface area contributed by atoms with Crippen molar-refractivity contribution in [1.29, 1.82) is 0 Å². The lowest BCUT2D eigenvalue weighted by molar-refractivity contribution is 0.282. The first-order valence-corrected chi connectivity index (χ1v) is 6.10. The smallest absolute Gasteiger partial charge is 0.0681 e. The summed E-state index contributed by atoms with van der Waals surface area (Å²) < 4.78 is 0. The highest BCUT2D eigenvalue weighted by atomic mass is 35.5. The van der Waals surface area contributed by atoms with Gasteiger partial charge in [0.15, 0.2) is 0 Å². The molecule has 82 valence electrons. The third-order valence-corrected chi connectivity index (χ3v) is 3.37. The molecule has 2 rings (SSSR count). The number of aliphatic hydroxyl groups is 1. The van der Waals surface area contributed by atoms with Crippen molar-refractivity contribution in [2.45, 2.75) is 16.4 Å². The minimum absolute atomic E-state index is 0.0854. The van der Waals surface area contributed by atoms with E-state index in [1.807, 2.05) is 48.5 Å². The van der Waals surface area contributed by atoms with Gasteiger partial charge in [-0.2, -0.15) is 0 Å². The van der Waals surface area contributed by atoms with Crippen LogP contribution in [0.2, 0.25) is 5.02 Å². The Hall–Kier alpha value is -0.960. The second-order valence-corrected chi connectivity index (χ2v) is 4.94. The first-order chi connectivity index (χ1) is 7.78. The first kappa shape index (κ1) is 11.5. The Bertz CT molecular complexity index is 468. The van der Waals surface area contributed by atoms with Crippen molar-refractivity contribution in [3.8, 4) is 0 Å². The zero-order valence-corrected chi connectivity index (χ0v) is 10.1. The molecule has 0 saturated carbocycles. The minimum atomic E-state index is 0.0854. The van der Waals surface area contributed by atoms with Crippen LogP contribution in [0.25, 0.3) is 0 Å². The maximum Gasteiger partial charge on any atom is 0.0681 e. The van der Waals surface area contributed by atoms with Crippen LogP contribution < -0.4 is 0 Å². The van der Waals surface area contributed by atoms with Crippen LogP contribution in [-0.4, -0.2) is 5.11 Å². The standard InChI is InChI=1S/C13H11ClOS/c14-11-2-1-3-13(8-11)16-12-6-4-10(9-15)5-7-12/h1-8,15H,9H2. The van der Waals surface area contributed by atoms with E-state index in [2.05, 4.69) is 0 Å². The molecule has 0 aliphatic carbocycles. The van der Waals surface area contributed by atoms with E-state index in [1.165, 1.54) is 0 Å². The molecule has 2 aromatic carbocycles. The van der Waals surface area contributed by atoms with Crippen LogP contribution in [0, 0.1) is 0 Å². The highest BCUT2D eigenvalue weighted by Gasteiger charge is 1.98. The van der Waals surface area contributed by atoms with Gasteiger partial charge in [-0.3, -0.25) is 0 Å². The number of hydrogen-bond donors (Lipinski definition) is 1. The van der Waals surface area contributed by atoms with Gasteiger partial charge < -0.3 is 5.11 Å². The molecular formula is C13H11ClOS. The van der Waals surface area contributed by atoms with Crippen LogP contribution in [0.15, 0.2) is 58.3 Å². The maximum absolute atomic E-state index is 8.93. The second-order valence-electron chi connectivity index (χ2n) is 3.36. The van der Waals surface area contributed by atoms with Gasteiger partial charge >= 0.3 is 0 Å². The minimum Gasteiger partial charge on any atom is -0.392 e. The summed E-state index contributed by atoms with van der Waals surface area (Å²) in [7, 11) is 0. The van der Waals surface area contributed by atoms with E-state index in [4.69, 9.17) is 16.7 Å². The van der Waals surface area contributed by atoms with E-state index in [9.17, 15) is 0 Å². The highest BCUT2D eigenvalue weighted by molar-refractivity contribution is 7.99. The SMILES string of the molecule is OCc1ccc(Sc2cccc(Cl)c2)cc1. The molecule has 0 fully saturated rings. The third kappa shape index (κ3) is 3.01. The summed E-state index contributed by atoms with van der Waals surface area (Å²) in [6.45, 7) is 0.0854. The Morgan fingerprint density at radius 3 is 2.38 bits per heavy atom. The van der Waals surface area contributed by atoms with Gasteiger partial charge in [0, 0.05) is 14.8 Å². The fraction of sp³-hybridized carbons (Fsp3) is 0.0769. The molecular weight excluding hydrogens is 240 g/mol. The molecule has 3 heteroatoms. The van der Waals surface area contributed by atoms with Crippen LogP contribution in [-0.2, 0) is 6.61 Å². The molecule has 0 saturated heterocycles. The lowest BCUT2D eigenvalue weighted by Crippen LogP contribution is -1.81. The Morgan fingerprint density at radius 2 is 1.75 bits per heavy atom. The van der Waals surface area contributed by atoms with Crippen LogP contribution in [0.4, 0.5) is 0 Å². The van der Waals surface area contributed by atoms with Crippen LogP contribution in [0.1, 0.15) is 5.56 Å². The lowest BCUT2D eigenvalue weighted by Gasteiger charge is -2.03. The summed E-state index contributed by atoms with van der Waals surface area (Å²) in [4.78, 5) is 2.25. The average Bonchev–Trinajstić information content (AvgIpc) is 2.30. The van der Waals surface area contributed by atoms with Crippen molar-refractivity contribution < 1.29 is 5.11 Å². The van der Waals surface area contributed by atoms with Crippen LogP contribution in [0.3, 0.4) is 0 Å². The number of halogens is 1. The van der Waals surface area contributed by atoms with E-state index >= 15 is 0 Å². The van der Waals surface area contributed by atoms with Crippen LogP contribution >= 0.6 is 23.4 Å². The maximum atomic E-state index is 8.93. The molecule has 0 aromatic heterocycles. The molecule has 16 heavy (non-hydrogen) atoms. The Morgan fingerprint density at radius 1 is 1.00 bits per heavy atom. The predicted octanol–water partition coefficient (Wildman–Crippen LogP) is 3.98. The second kappa shape index (κ2) is 5.39. The summed E-state index contributed by atoms with van der Waals surface area (Å²) in [5, 5.41) is 9.68. The monoisotopic (exact) mass is 250 g/mol. The number of benzene rings is 2. The van der Waals surface area contributed by atoms with Crippen LogP contribution in [0.5, 0.6) is 0 Å². The Kier molecular flexibility index (Phi) is 3.88. The van der Waals surface area contributed by atoms with Crippen molar-refractivity contribution in [2.75, 3.05) is 0 Å². The molecule has 0 bridgehead atoms. The summed E-state index contributed by atoms with van der Waals surface area (Å²) in [6.07, 6.45) is 0. The molecule has 0 atom stereocenters. The summed E-state index contributed by atoms with van der Waals surface area (Å²) in [6, 6.07) is 15.6. The van der Waals surface area contributed by atoms with Crippen molar-refractivity contribution in [3.63, 3.8) is 0 Å². The van der Waals surface area contributed by atoms with Gasteiger partial charge in [0.2, 0.25) is 0 Å². The zero-order chi connectivity index (χ0) is 11.4. The summed E-state index contributed by atoms with van der Waals surface area (Å²) >= 11 is 7.57. The van der Waals surface area contributed by atoms with Crippen molar-refractivity contribution >= 4 is 23.4 Å². The molecule has 0 aliphatic heterocycles. The highest BCUT2D eigenvalue weighted by Crippen LogP contribution is 2.29. The Labute approximate surface area is 104 Å². The van der Waals surface area contributed by atoms with Gasteiger partial charge in [-0.05, 0) is 35.9 Å². The number of hydrogen-bond acceptors (Lipinski definition) is 2. The molecule has 0 aliphatic rings. The topological polar surface area (TPSA) is 20.2 Å². The predicted molar refractivity (Wildman–Crippen MR) is 67.9 cm³/mol. The molecule has 0 spiro atoms. The average molecular weight is 251 g/mol. The largest absolute Gasteiger partial charge is 0.392 e. The fourth-order valence-corrected chi connectivity index (χ4v) is 2.46. The molecule has 0 heterocycles. The molecule has 1 N–H and O–H groups in total. The summed E-state index contributed by atoms with van der Waals surface area (Å²) in [5.41, 5.74) is 0.926. The van der Waals surface area contributed by atoms with E-state index in [1.54, 1.807) is 11.8 Å². The third-order valence-electron chi connectivity index (χ3n) is 2.14. The zero-order valence-electron chi connectivity index (χ0n) is 8.56. The first-order valence-electron chi connectivity index (χ1n) is 4.91. The van der Waals surface area contributed by atoms with Crippen molar-refractivity contribution in [2.24, 2.45) is 0 Å². The summed E-state index contributed by atoms with van der Waals surface area (Å²) in [5.74, 6) is 0. The molecule has 0 radical (unpaired) electrons. The quantitative estimate of drug-likeness (QED) is 0.889. The van der Waals surface area contributed by atoms with E-state index in [0.29, 0.717) is 0 Å². The lowest BCUT2D eigenvalue weighted by atomic mass is 10.2. The van der Waals surface area contributed by atoms with Gasteiger partial charge in [-0.15, -0.1) is 0 Å². The van der Waals surface area contributed by atoms with Crippen molar-refractivity contribution in [1.82, 2.24) is 0 Å². The number of aliphatic hydroxyl groups excluding tert-OH is 1. The van der Waals surface area contributed by atoms with Crippen molar-refractivity contribution in [3.05, 3.63) is 59.1 Å². The molecule has 0 amide bonds. The molecule has 0 unspecified atom stereocenters.